The summed E-state index contributed by atoms with van der Waals surface area (Å²) in [6.45, 7) is 2.04. The number of benzene rings is 1. The highest BCUT2D eigenvalue weighted by Gasteiger charge is 2.08. The minimum absolute atomic E-state index is 0.109. The summed E-state index contributed by atoms with van der Waals surface area (Å²) < 4.78 is 29.0. The Bertz CT molecular complexity index is 375. The fourth-order valence-corrected chi connectivity index (χ4v) is 2.14. The van der Waals surface area contributed by atoms with Crippen LogP contribution in [-0.2, 0) is 20.3 Å². The monoisotopic (exact) mass is 244 g/mol. The summed E-state index contributed by atoms with van der Waals surface area (Å²) in [6.07, 6.45) is 0.109. The number of esters is 1. The highest BCUT2D eigenvalue weighted by Crippen LogP contribution is 2.09. The van der Waals surface area contributed by atoms with Crippen molar-refractivity contribution in [1.29, 1.82) is 0 Å². The van der Waals surface area contributed by atoms with E-state index in [0.29, 0.717) is 11.5 Å². The fraction of sp³-hybridized carbons (Fsp3) is 0.364. The number of hydrogen-bond acceptors (Lipinski definition) is 3. The molecule has 0 N–H and O–H groups in total. The zero-order chi connectivity index (χ0) is 12.0. The molecule has 0 radical (unpaired) electrons. The van der Waals surface area contributed by atoms with E-state index in [1.54, 1.807) is 6.92 Å². The molecule has 0 fully saturated rings. The molecule has 3 nitrogen and oxygen atoms in total. The van der Waals surface area contributed by atoms with Gasteiger partial charge in [-0.3, -0.25) is 9.00 Å². The van der Waals surface area contributed by atoms with Gasteiger partial charge in [0.15, 0.2) is 0 Å². The minimum Gasteiger partial charge on any atom is -0.466 e. The summed E-state index contributed by atoms with van der Waals surface area (Å²) in [5.74, 6) is -0.533. The van der Waals surface area contributed by atoms with Gasteiger partial charge in [0.25, 0.3) is 0 Å². The molecular weight excluding hydrogens is 231 g/mol. The van der Waals surface area contributed by atoms with Crippen molar-refractivity contribution in [2.75, 3.05) is 12.4 Å². The molecule has 0 aromatic heterocycles. The lowest BCUT2D eigenvalue weighted by molar-refractivity contribution is -0.142. The number of carbonyl (C=O) groups is 1. The molecule has 1 atom stereocenters. The van der Waals surface area contributed by atoms with Crippen LogP contribution in [0.3, 0.4) is 0 Å². The van der Waals surface area contributed by atoms with E-state index in [2.05, 4.69) is 0 Å². The molecule has 0 aliphatic rings. The average molecular weight is 244 g/mol. The predicted molar refractivity (Wildman–Crippen MR) is 58.9 cm³/mol. The first-order valence-electron chi connectivity index (χ1n) is 4.93. The third kappa shape index (κ3) is 4.10. The second-order valence-electron chi connectivity index (χ2n) is 3.06. The second kappa shape index (κ2) is 6.37. The fourth-order valence-electron chi connectivity index (χ4n) is 1.11. The molecule has 0 bridgehead atoms. The van der Waals surface area contributed by atoms with Gasteiger partial charge in [-0.05, 0) is 31.2 Å². The maximum Gasteiger partial charge on any atom is 0.306 e. The van der Waals surface area contributed by atoms with Gasteiger partial charge in [-0.2, -0.15) is 0 Å². The summed E-state index contributed by atoms with van der Waals surface area (Å²) in [6, 6.07) is 5.41. The van der Waals surface area contributed by atoms with Crippen LogP contribution in [0.1, 0.15) is 13.3 Å². The Hall–Kier alpha value is -1.23. The number of halogens is 1. The highest BCUT2D eigenvalue weighted by molar-refractivity contribution is 7.85. The van der Waals surface area contributed by atoms with Gasteiger partial charge >= 0.3 is 5.97 Å². The van der Waals surface area contributed by atoms with Crippen LogP contribution in [0.2, 0.25) is 0 Å². The first kappa shape index (κ1) is 12.8. The van der Waals surface area contributed by atoms with Gasteiger partial charge in [-0.15, -0.1) is 0 Å². The Morgan fingerprint density at radius 2 is 2.00 bits per heavy atom. The predicted octanol–water partition coefficient (Wildman–Crippen LogP) is 1.89. The molecule has 1 unspecified atom stereocenters. The van der Waals surface area contributed by atoms with Crippen molar-refractivity contribution < 1.29 is 18.1 Å². The Morgan fingerprint density at radius 3 is 2.56 bits per heavy atom. The van der Waals surface area contributed by atoms with Crippen LogP contribution in [0.15, 0.2) is 29.2 Å². The molecule has 1 aromatic rings. The first-order chi connectivity index (χ1) is 7.63. The maximum absolute atomic E-state index is 12.6. The molecule has 0 saturated carbocycles. The largest absolute Gasteiger partial charge is 0.466 e. The Labute approximate surface area is 96.1 Å². The van der Waals surface area contributed by atoms with E-state index in [9.17, 15) is 13.4 Å². The maximum atomic E-state index is 12.6. The van der Waals surface area contributed by atoms with Crippen molar-refractivity contribution in [3.8, 4) is 0 Å². The molecule has 1 aromatic carbocycles. The summed E-state index contributed by atoms with van der Waals surface area (Å²) in [5.41, 5.74) is 0. The third-order valence-electron chi connectivity index (χ3n) is 1.87. The van der Waals surface area contributed by atoms with Crippen LogP contribution in [0.5, 0.6) is 0 Å². The summed E-state index contributed by atoms with van der Waals surface area (Å²) in [7, 11) is -1.28. The zero-order valence-electron chi connectivity index (χ0n) is 8.94. The van der Waals surface area contributed by atoms with Gasteiger partial charge in [0.2, 0.25) is 0 Å². The lowest BCUT2D eigenvalue weighted by atomic mass is 10.4. The Morgan fingerprint density at radius 1 is 1.38 bits per heavy atom. The number of rotatable bonds is 5. The minimum atomic E-state index is -1.28. The first-order valence-corrected chi connectivity index (χ1v) is 6.25. The van der Waals surface area contributed by atoms with E-state index in [1.165, 1.54) is 24.3 Å². The highest BCUT2D eigenvalue weighted by atomic mass is 32.2. The quantitative estimate of drug-likeness (QED) is 0.743. The van der Waals surface area contributed by atoms with Crippen LogP contribution < -0.4 is 0 Å². The van der Waals surface area contributed by atoms with E-state index in [1.807, 2.05) is 0 Å². The number of hydrogen-bond donors (Lipinski definition) is 0. The van der Waals surface area contributed by atoms with Crippen molar-refractivity contribution in [1.82, 2.24) is 0 Å². The summed E-state index contributed by atoms with van der Waals surface area (Å²) in [4.78, 5) is 11.5. The van der Waals surface area contributed by atoms with Crippen LogP contribution in [-0.4, -0.2) is 22.5 Å². The van der Waals surface area contributed by atoms with Crippen LogP contribution >= 0.6 is 0 Å². The van der Waals surface area contributed by atoms with Crippen molar-refractivity contribution in [3.05, 3.63) is 30.1 Å². The summed E-state index contributed by atoms with van der Waals surface area (Å²) >= 11 is 0. The van der Waals surface area contributed by atoms with Crippen molar-refractivity contribution in [3.63, 3.8) is 0 Å². The Kier molecular flexibility index (Phi) is 5.11. The zero-order valence-corrected chi connectivity index (χ0v) is 9.76. The van der Waals surface area contributed by atoms with Gasteiger partial charge < -0.3 is 4.74 Å². The van der Waals surface area contributed by atoms with E-state index in [0.717, 1.165) is 0 Å². The van der Waals surface area contributed by atoms with Crippen LogP contribution in [0.4, 0.5) is 4.39 Å². The van der Waals surface area contributed by atoms with Gasteiger partial charge in [0.05, 0.1) is 23.8 Å². The molecule has 16 heavy (non-hydrogen) atoms. The van der Waals surface area contributed by atoms with Crippen LogP contribution in [0, 0.1) is 5.82 Å². The van der Waals surface area contributed by atoms with Crippen molar-refractivity contribution in [2.45, 2.75) is 18.2 Å². The van der Waals surface area contributed by atoms with E-state index < -0.39 is 10.8 Å². The molecule has 0 aliphatic carbocycles. The molecule has 1 rings (SSSR count). The van der Waals surface area contributed by atoms with Gasteiger partial charge in [0, 0.05) is 10.6 Å². The number of carbonyl (C=O) groups excluding carboxylic acids is 1. The molecule has 88 valence electrons. The van der Waals surface area contributed by atoms with E-state index in [4.69, 9.17) is 4.74 Å². The van der Waals surface area contributed by atoms with Crippen molar-refractivity contribution in [2.24, 2.45) is 0 Å². The SMILES string of the molecule is CCOC(=O)CCS(=O)c1ccc(F)cc1. The molecule has 0 spiro atoms. The molecule has 0 amide bonds. The second-order valence-corrected chi connectivity index (χ2v) is 4.63. The van der Waals surface area contributed by atoms with Gasteiger partial charge in [-0.25, -0.2) is 4.39 Å². The average Bonchev–Trinajstić information content (AvgIpc) is 2.27. The normalized spacial score (nSPS) is 12.1. The van der Waals surface area contributed by atoms with Gasteiger partial charge in [0.1, 0.15) is 5.82 Å². The smallest absolute Gasteiger partial charge is 0.306 e. The Balaban J connectivity index is 2.47. The lowest BCUT2D eigenvalue weighted by Crippen LogP contribution is -2.09. The topological polar surface area (TPSA) is 43.4 Å². The van der Waals surface area contributed by atoms with Crippen LogP contribution in [0.25, 0.3) is 0 Å². The number of ether oxygens (including phenoxy) is 1. The van der Waals surface area contributed by atoms with Gasteiger partial charge in [-0.1, -0.05) is 0 Å². The lowest BCUT2D eigenvalue weighted by Gasteiger charge is -2.02. The molecular formula is C11H13FO3S. The van der Waals surface area contributed by atoms with E-state index >= 15 is 0 Å². The van der Waals surface area contributed by atoms with Crippen molar-refractivity contribution >= 4 is 16.8 Å². The molecule has 0 aliphatic heterocycles. The third-order valence-corrected chi connectivity index (χ3v) is 3.25. The molecule has 0 saturated heterocycles. The molecule has 5 heteroatoms. The standard InChI is InChI=1S/C11H13FO3S/c1-2-15-11(13)7-8-16(14)10-5-3-9(12)4-6-10/h3-6H,2,7-8H2,1H3. The van der Waals surface area contributed by atoms with E-state index in [-0.39, 0.29) is 24.0 Å². The summed E-state index contributed by atoms with van der Waals surface area (Å²) in [5, 5.41) is 0. The molecule has 0 heterocycles.